The number of carbonyl (C=O) groups excluding carboxylic acids is 1. The summed E-state index contributed by atoms with van der Waals surface area (Å²) in [6, 6.07) is 21.6. The molecule has 0 spiro atoms. The van der Waals surface area contributed by atoms with Gasteiger partial charge in [-0.15, -0.1) is 0 Å². The van der Waals surface area contributed by atoms with Gasteiger partial charge < -0.3 is 4.52 Å². The number of benzene rings is 3. The number of nitrogens with zero attached hydrogens (tertiary/aromatic N) is 4. The topological polar surface area (TPSA) is 72.1 Å². The summed E-state index contributed by atoms with van der Waals surface area (Å²) in [7, 11) is 0. The van der Waals surface area contributed by atoms with E-state index in [4.69, 9.17) is 4.52 Å². The van der Waals surface area contributed by atoms with Crippen molar-refractivity contribution < 1.29 is 13.7 Å². The minimum Gasteiger partial charge on any atom is -0.336 e. The molecule has 2 heterocycles. The second kappa shape index (κ2) is 8.03. The summed E-state index contributed by atoms with van der Waals surface area (Å²) in [5.41, 5.74) is 2.32. The standard InChI is InChI=1S/C25H17FN4O2/c1-16(31)30(22-9-5-4-8-20(22)26)25-23(21-12-13-27-15-28-21)24(29-32-25)19-11-10-17-6-2-3-7-18(17)14-19/h2-15H,1H3. The van der Waals surface area contributed by atoms with E-state index < -0.39 is 11.7 Å². The molecule has 0 saturated carbocycles. The van der Waals surface area contributed by atoms with E-state index in [0.717, 1.165) is 16.3 Å². The predicted octanol–water partition coefficient (Wildman–Crippen LogP) is 5.78. The number of carbonyl (C=O) groups is 1. The number of rotatable bonds is 4. The molecule has 5 aromatic rings. The van der Waals surface area contributed by atoms with Crippen LogP contribution in [-0.4, -0.2) is 21.0 Å². The lowest BCUT2D eigenvalue weighted by Gasteiger charge is -2.19. The van der Waals surface area contributed by atoms with Crippen LogP contribution in [0.4, 0.5) is 16.0 Å². The maximum atomic E-state index is 14.6. The van der Waals surface area contributed by atoms with Crippen LogP contribution in [0.25, 0.3) is 33.3 Å². The second-order valence-corrected chi connectivity index (χ2v) is 7.17. The Balaban J connectivity index is 1.76. The third kappa shape index (κ3) is 3.39. The van der Waals surface area contributed by atoms with Crippen LogP contribution in [-0.2, 0) is 4.79 Å². The molecule has 0 N–H and O–H groups in total. The molecule has 0 fully saturated rings. The van der Waals surface area contributed by atoms with E-state index in [0.29, 0.717) is 17.0 Å². The van der Waals surface area contributed by atoms with Crippen LogP contribution < -0.4 is 4.90 Å². The first-order valence-electron chi connectivity index (χ1n) is 9.94. The van der Waals surface area contributed by atoms with Gasteiger partial charge in [0.05, 0.1) is 16.9 Å². The molecule has 5 rings (SSSR count). The molecule has 0 radical (unpaired) electrons. The lowest BCUT2D eigenvalue weighted by molar-refractivity contribution is -0.116. The predicted molar refractivity (Wildman–Crippen MR) is 120 cm³/mol. The summed E-state index contributed by atoms with van der Waals surface area (Å²) in [6.07, 6.45) is 2.99. The molecule has 32 heavy (non-hydrogen) atoms. The fourth-order valence-electron chi connectivity index (χ4n) is 3.69. The van der Waals surface area contributed by atoms with E-state index in [9.17, 15) is 9.18 Å². The van der Waals surface area contributed by atoms with Gasteiger partial charge in [0, 0.05) is 18.7 Å². The van der Waals surface area contributed by atoms with Crippen molar-refractivity contribution >= 4 is 28.3 Å². The molecule has 0 bridgehead atoms. The number of hydrogen-bond donors (Lipinski definition) is 0. The van der Waals surface area contributed by atoms with Gasteiger partial charge in [-0.25, -0.2) is 19.3 Å². The SMILES string of the molecule is CC(=O)N(c1ccccc1F)c1onc(-c2ccc3ccccc3c2)c1-c1ccncn1. The number of aromatic nitrogens is 3. The van der Waals surface area contributed by atoms with E-state index in [1.54, 1.807) is 24.4 Å². The van der Waals surface area contributed by atoms with Crippen LogP contribution in [0.1, 0.15) is 6.92 Å². The molecule has 2 aromatic heterocycles. The number of amides is 1. The highest BCUT2D eigenvalue weighted by atomic mass is 19.1. The van der Waals surface area contributed by atoms with Crippen LogP contribution in [0.2, 0.25) is 0 Å². The normalized spacial score (nSPS) is 10.9. The zero-order valence-electron chi connectivity index (χ0n) is 17.1. The second-order valence-electron chi connectivity index (χ2n) is 7.17. The fourth-order valence-corrected chi connectivity index (χ4v) is 3.69. The zero-order valence-corrected chi connectivity index (χ0v) is 17.1. The Hall–Kier alpha value is -4.39. The fraction of sp³-hybridized carbons (Fsp3) is 0.0400. The summed E-state index contributed by atoms with van der Waals surface area (Å²) in [6.45, 7) is 1.34. The van der Waals surface area contributed by atoms with Crippen molar-refractivity contribution in [2.24, 2.45) is 0 Å². The van der Waals surface area contributed by atoms with Gasteiger partial charge in [-0.3, -0.25) is 4.79 Å². The molecule has 3 aromatic carbocycles. The van der Waals surface area contributed by atoms with Crippen LogP contribution in [0.15, 0.2) is 89.8 Å². The average molecular weight is 424 g/mol. The van der Waals surface area contributed by atoms with E-state index in [1.165, 1.54) is 30.3 Å². The molecular weight excluding hydrogens is 407 g/mol. The van der Waals surface area contributed by atoms with Gasteiger partial charge in [0.1, 0.15) is 17.8 Å². The quantitative estimate of drug-likeness (QED) is 0.366. The summed E-state index contributed by atoms with van der Waals surface area (Å²) >= 11 is 0. The lowest BCUT2D eigenvalue weighted by Crippen LogP contribution is -2.24. The first-order chi connectivity index (χ1) is 15.6. The minimum absolute atomic E-state index is 0.0662. The first-order valence-corrected chi connectivity index (χ1v) is 9.94. The van der Waals surface area contributed by atoms with Crippen LogP contribution in [0.3, 0.4) is 0 Å². The maximum absolute atomic E-state index is 14.6. The monoisotopic (exact) mass is 424 g/mol. The molecule has 1 amide bonds. The average Bonchev–Trinajstić information content (AvgIpc) is 3.25. The molecule has 0 aliphatic rings. The van der Waals surface area contributed by atoms with Gasteiger partial charge in [0.15, 0.2) is 0 Å². The van der Waals surface area contributed by atoms with Gasteiger partial charge in [0.2, 0.25) is 11.8 Å². The minimum atomic E-state index is -0.556. The van der Waals surface area contributed by atoms with Crippen molar-refractivity contribution in [3.63, 3.8) is 0 Å². The Kier molecular flexibility index (Phi) is 4.91. The number of para-hydroxylation sites is 1. The third-order valence-corrected chi connectivity index (χ3v) is 5.15. The van der Waals surface area contributed by atoms with E-state index in [-0.39, 0.29) is 11.6 Å². The van der Waals surface area contributed by atoms with Gasteiger partial charge in [-0.1, -0.05) is 53.7 Å². The molecule has 0 unspecified atom stereocenters. The highest BCUT2D eigenvalue weighted by Crippen LogP contribution is 2.42. The summed E-state index contributed by atoms with van der Waals surface area (Å²) in [5.74, 6) is -0.893. The van der Waals surface area contributed by atoms with Gasteiger partial charge in [-0.05, 0) is 35.0 Å². The van der Waals surface area contributed by atoms with Gasteiger partial charge >= 0.3 is 0 Å². The van der Waals surface area contributed by atoms with Crippen LogP contribution >= 0.6 is 0 Å². The Morgan fingerprint density at radius 1 is 0.969 bits per heavy atom. The Labute approximate surface area is 183 Å². The zero-order chi connectivity index (χ0) is 22.1. The summed E-state index contributed by atoms with van der Waals surface area (Å²) < 4.78 is 20.3. The number of fused-ring (bicyclic) bond motifs is 1. The van der Waals surface area contributed by atoms with Crippen molar-refractivity contribution in [1.29, 1.82) is 0 Å². The number of anilines is 2. The van der Waals surface area contributed by atoms with E-state index in [1.807, 2.05) is 42.5 Å². The van der Waals surface area contributed by atoms with Crippen molar-refractivity contribution in [3.05, 3.63) is 91.1 Å². The van der Waals surface area contributed by atoms with Crippen molar-refractivity contribution in [3.8, 4) is 22.5 Å². The third-order valence-electron chi connectivity index (χ3n) is 5.15. The molecule has 0 aliphatic heterocycles. The van der Waals surface area contributed by atoms with Gasteiger partial charge in [-0.2, -0.15) is 0 Å². The highest BCUT2D eigenvalue weighted by molar-refractivity contribution is 6.03. The largest absolute Gasteiger partial charge is 0.336 e. The molecule has 7 heteroatoms. The molecule has 6 nitrogen and oxygen atoms in total. The van der Waals surface area contributed by atoms with Crippen LogP contribution in [0.5, 0.6) is 0 Å². The molecule has 0 saturated heterocycles. The Bertz CT molecular complexity index is 1430. The van der Waals surface area contributed by atoms with Crippen LogP contribution in [0, 0.1) is 5.82 Å². The number of hydrogen-bond acceptors (Lipinski definition) is 5. The van der Waals surface area contributed by atoms with E-state index in [2.05, 4.69) is 15.1 Å². The Morgan fingerprint density at radius 2 is 1.75 bits per heavy atom. The van der Waals surface area contributed by atoms with Crippen molar-refractivity contribution in [2.45, 2.75) is 6.92 Å². The molecule has 156 valence electrons. The van der Waals surface area contributed by atoms with Gasteiger partial charge in [0.25, 0.3) is 0 Å². The number of halogens is 1. The maximum Gasteiger partial charge on any atom is 0.248 e. The summed E-state index contributed by atoms with van der Waals surface area (Å²) in [5, 5.41) is 6.39. The summed E-state index contributed by atoms with van der Waals surface area (Å²) in [4.78, 5) is 22.1. The lowest BCUT2D eigenvalue weighted by atomic mass is 10.0. The van der Waals surface area contributed by atoms with Crippen molar-refractivity contribution in [1.82, 2.24) is 15.1 Å². The molecule has 0 atom stereocenters. The molecular formula is C25H17FN4O2. The van der Waals surface area contributed by atoms with E-state index >= 15 is 0 Å². The van der Waals surface area contributed by atoms with Crippen molar-refractivity contribution in [2.75, 3.05) is 4.90 Å². The molecule has 0 aliphatic carbocycles. The highest BCUT2D eigenvalue weighted by Gasteiger charge is 2.29. The Morgan fingerprint density at radius 3 is 2.50 bits per heavy atom. The smallest absolute Gasteiger partial charge is 0.248 e. The first kappa shape index (κ1) is 19.6.